The molecule has 1 aromatic heterocycles. The van der Waals surface area contributed by atoms with Crippen LogP contribution in [0.1, 0.15) is 27.2 Å². The second-order valence-electron chi connectivity index (χ2n) is 4.79. The van der Waals surface area contributed by atoms with Crippen molar-refractivity contribution in [2.24, 2.45) is 0 Å². The number of nitrogens with zero attached hydrogens (tertiary/aromatic N) is 1. The van der Waals surface area contributed by atoms with Crippen LogP contribution in [0.15, 0.2) is 34.9 Å². The van der Waals surface area contributed by atoms with Crippen LogP contribution in [0, 0.1) is 12.7 Å². The van der Waals surface area contributed by atoms with Crippen LogP contribution in [0.3, 0.4) is 0 Å². The zero-order valence-electron chi connectivity index (χ0n) is 11.4. The summed E-state index contributed by atoms with van der Waals surface area (Å²) in [5.41, 5.74) is 1.49. The minimum absolute atomic E-state index is 0.0919. The summed E-state index contributed by atoms with van der Waals surface area (Å²) in [6.07, 6.45) is 1.62. The summed E-state index contributed by atoms with van der Waals surface area (Å²) in [7, 11) is 1.85. The van der Waals surface area contributed by atoms with E-state index in [2.05, 4.69) is 0 Å². The maximum absolute atomic E-state index is 13.7. The van der Waals surface area contributed by atoms with Crippen LogP contribution in [-0.4, -0.2) is 23.0 Å². The van der Waals surface area contributed by atoms with Crippen molar-refractivity contribution in [2.45, 2.75) is 20.0 Å². The quantitative estimate of drug-likeness (QED) is 0.912. The number of hydrogen-bond donors (Lipinski definition) is 1. The summed E-state index contributed by atoms with van der Waals surface area (Å²) < 4.78 is 18.9. The molecule has 1 N–H and O–H groups in total. The molecule has 20 heavy (non-hydrogen) atoms. The van der Waals surface area contributed by atoms with Crippen molar-refractivity contribution in [1.82, 2.24) is 4.90 Å². The van der Waals surface area contributed by atoms with E-state index in [1.165, 1.54) is 18.2 Å². The molecular formula is C15H16FNO3. The van der Waals surface area contributed by atoms with Gasteiger partial charge in [0.15, 0.2) is 0 Å². The second-order valence-corrected chi connectivity index (χ2v) is 4.79. The first kappa shape index (κ1) is 14.3. The molecule has 2 aromatic rings. The van der Waals surface area contributed by atoms with Crippen LogP contribution >= 0.6 is 0 Å². The lowest BCUT2D eigenvalue weighted by molar-refractivity contribution is 0.0696. The maximum Gasteiger partial charge on any atom is 0.335 e. The first-order chi connectivity index (χ1) is 9.47. The number of halogens is 1. The summed E-state index contributed by atoms with van der Waals surface area (Å²) in [6.45, 7) is 2.81. The van der Waals surface area contributed by atoms with Gasteiger partial charge in [0.05, 0.1) is 11.8 Å². The average molecular weight is 277 g/mol. The van der Waals surface area contributed by atoms with Crippen molar-refractivity contribution in [2.75, 3.05) is 7.05 Å². The number of furan rings is 1. The third-order valence-electron chi connectivity index (χ3n) is 3.14. The molecule has 0 atom stereocenters. The summed E-state index contributed by atoms with van der Waals surface area (Å²) in [5.74, 6) is -0.623. The second kappa shape index (κ2) is 5.88. The molecule has 0 saturated carbocycles. The number of carboxylic acids is 1. The van der Waals surface area contributed by atoms with Gasteiger partial charge < -0.3 is 9.52 Å². The van der Waals surface area contributed by atoms with Crippen molar-refractivity contribution in [1.29, 1.82) is 0 Å². The first-order valence-electron chi connectivity index (χ1n) is 6.20. The molecule has 0 aliphatic carbocycles. The Morgan fingerprint density at radius 2 is 2.00 bits per heavy atom. The van der Waals surface area contributed by atoms with E-state index in [1.807, 2.05) is 24.9 Å². The third kappa shape index (κ3) is 3.24. The largest absolute Gasteiger partial charge is 0.478 e. The molecule has 0 saturated heterocycles. The Morgan fingerprint density at radius 1 is 1.30 bits per heavy atom. The normalized spacial score (nSPS) is 11.0. The topological polar surface area (TPSA) is 53.7 Å². The Balaban J connectivity index is 2.11. The molecule has 0 aliphatic heterocycles. The van der Waals surface area contributed by atoms with Gasteiger partial charge in [-0.25, -0.2) is 9.18 Å². The molecular weight excluding hydrogens is 261 g/mol. The average Bonchev–Trinajstić information content (AvgIpc) is 2.77. The van der Waals surface area contributed by atoms with Crippen molar-refractivity contribution in [3.63, 3.8) is 0 Å². The number of benzene rings is 1. The Morgan fingerprint density at radius 3 is 2.60 bits per heavy atom. The lowest BCUT2D eigenvalue weighted by Crippen LogP contribution is -2.18. The lowest BCUT2D eigenvalue weighted by Gasteiger charge is -2.17. The molecule has 1 aromatic carbocycles. The molecule has 4 nitrogen and oxygen atoms in total. The molecule has 0 radical (unpaired) electrons. The molecule has 0 fully saturated rings. The van der Waals surface area contributed by atoms with Gasteiger partial charge in [-0.05, 0) is 38.2 Å². The number of aromatic carboxylic acids is 1. The van der Waals surface area contributed by atoms with E-state index in [0.717, 1.165) is 11.3 Å². The van der Waals surface area contributed by atoms with Gasteiger partial charge in [-0.3, -0.25) is 4.90 Å². The van der Waals surface area contributed by atoms with Gasteiger partial charge in [0.1, 0.15) is 11.6 Å². The van der Waals surface area contributed by atoms with Gasteiger partial charge in [-0.15, -0.1) is 0 Å². The number of carboxylic acid groups (broad SMARTS) is 1. The monoisotopic (exact) mass is 277 g/mol. The van der Waals surface area contributed by atoms with E-state index < -0.39 is 11.8 Å². The van der Waals surface area contributed by atoms with Gasteiger partial charge in [0, 0.05) is 24.2 Å². The van der Waals surface area contributed by atoms with Crippen LogP contribution in [-0.2, 0) is 13.1 Å². The van der Waals surface area contributed by atoms with Gasteiger partial charge in [-0.2, -0.15) is 0 Å². The molecule has 0 amide bonds. The highest BCUT2D eigenvalue weighted by Gasteiger charge is 2.12. The summed E-state index contributed by atoms with van der Waals surface area (Å²) in [5, 5.41) is 8.93. The highest BCUT2D eigenvalue weighted by atomic mass is 19.1. The van der Waals surface area contributed by atoms with Gasteiger partial charge in [0.2, 0.25) is 0 Å². The molecule has 0 unspecified atom stereocenters. The summed E-state index contributed by atoms with van der Waals surface area (Å²) in [6, 6.07) is 5.70. The van der Waals surface area contributed by atoms with E-state index in [4.69, 9.17) is 9.52 Å². The highest BCUT2D eigenvalue weighted by Crippen LogP contribution is 2.16. The van der Waals surface area contributed by atoms with Crippen LogP contribution in [0.4, 0.5) is 4.39 Å². The SMILES string of the molecule is Cc1occc1CN(C)Cc1cc(C(=O)O)ccc1F. The Hall–Kier alpha value is -2.14. The third-order valence-corrected chi connectivity index (χ3v) is 3.14. The maximum atomic E-state index is 13.7. The van der Waals surface area contributed by atoms with Crippen molar-refractivity contribution < 1.29 is 18.7 Å². The fraction of sp³-hybridized carbons (Fsp3) is 0.267. The van der Waals surface area contributed by atoms with Crippen molar-refractivity contribution in [3.8, 4) is 0 Å². The van der Waals surface area contributed by atoms with Crippen LogP contribution in [0.5, 0.6) is 0 Å². The highest BCUT2D eigenvalue weighted by molar-refractivity contribution is 5.87. The predicted octanol–water partition coefficient (Wildman–Crippen LogP) is 3.06. The fourth-order valence-electron chi connectivity index (χ4n) is 2.04. The Kier molecular flexibility index (Phi) is 4.20. The molecule has 2 rings (SSSR count). The van der Waals surface area contributed by atoms with E-state index in [0.29, 0.717) is 18.7 Å². The van der Waals surface area contributed by atoms with Crippen molar-refractivity contribution in [3.05, 3.63) is 58.8 Å². The van der Waals surface area contributed by atoms with E-state index in [9.17, 15) is 9.18 Å². The zero-order valence-corrected chi connectivity index (χ0v) is 11.4. The van der Waals surface area contributed by atoms with E-state index in [1.54, 1.807) is 6.26 Å². The predicted molar refractivity (Wildman–Crippen MR) is 72.0 cm³/mol. The Bertz CT molecular complexity index is 621. The minimum Gasteiger partial charge on any atom is -0.478 e. The molecule has 106 valence electrons. The van der Waals surface area contributed by atoms with E-state index in [-0.39, 0.29) is 5.56 Å². The van der Waals surface area contributed by atoms with Crippen molar-refractivity contribution >= 4 is 5.97 Å². The van der Waals surface area contributed by atoms with Gasteiger partial charge >= 0.3 is 5.97 Å². The smallest absolute Gasteiger partial charge is 0.335 e. The minimum atomic E-state index is -1.06. The van der Waals surface area contributed by atoms with Gasteiger partial charge in [-0.1, -0.05) is 0 Å². The van der Waals surface area contributed by atoms with Gasteiger partial charge in [0.25, 0.3) is 0 Å². The summed E-state index contributed by atoms with van der Waals surface area (Å²) in [4.78, 5) is 12.8. The molecule has 1 heterocycles. The zero-order chi connectivity index (χ0) is 14.7. The lowest BCUT2D eigenvalue weighted by atomic mass is 10.1. The number of aryl methyl sites for hydroxylation is 1. The Labute approximate surface area is 116 Å². The molecule has 5 heteroatoms. The molecule has 0 aliphatic rings. The standard InChI is InChI=1S/C15H16FNO3/c1-10-12(5-6-20-10)8-17(2)9-13-7-11(15(18)19)3-4-14(13)16/h3-7H,8-9H2,1-2H3,(H,18,19). The molecule has 0 bridgehead atoms. The number of carbonyl (C=O) groups is 1. The fourth-order valence-corrected chi connectivity index (χ4v) is 2.04. The summed E-state index contributed by atoms with van der Waals surface area (Å²) >= 11 is 0. The first-order valence-corrected chi connectivity index (χ1v) is 6.20. The number of hydrogen-bond acceptors (Lipinski definition) is 3. The van der Waals surface area contributed by atoms with Crippen LogP contribution in [0.2, 0.25) is 0 Å². The number of rotatable bonds is 5. The van der Waals surface area contributed by atoms with Crippen LogP contribution < -0.4 is 0 Å². The van der Waals surface area contributed by atoms with E-state index >= 15 is 0 Å². The van der Waals surface area contributed by atoms with Crippen LogP contribution in [0.25, 0.3) is 0 Å². The molecule has 0 spiro atoms.